The molecule has 0 bridgehead atoms. The molecule has 0 aliphatic heterocycles. The van der Waals surface area contributed by atoms with Gasteiger partial charge in [-0.05, 0) is 14.1 Å². The Hall–Kier alpha value is -1.29. The second kappa shape index (κ2) is 8.60. The van der Waals surface area contributed by atoms with Gasteiger partial charge in [0, 0.05) is 0 Å². The van der Waals surface area contributed by atoms with Gasteiger partial charge in [0.05, 0.1) is 0 Å². The third-order valence-corrected chi connectivity index (χ3v) is 9.48. The van der Waals surface area contributed by atoms with E-state index in [1.807, 2.05) is 0 Å². The van der Waals surface area contributed by atoms with Crippen LogP contribution in [0.3, 0.4) is 0 Å². The molecule has 0 aromatic rings. The van der Waals surface area contributed by atoms with Crippen molar-refractivity contribution in [3.8, 4) is 0 Å². The van der Waals surface area contributed by atoms with E-state index in [4.69, 9.17) is 0 Å². The van der Waals surface area contributed by atoms with E-state index in [2.05, 4.69) is 0 Å². The van der Waals surface area contributed by atoms with Crippen molar-refractivity contribution in [2.45, 2.75) is 72.2 Å². The van der Waals surface area contributed by atoms with Gasteiger partial charge in [0.15, 0.2) is 0 Å². The van der Waals surface area contributed by atoms with Gasteiger partial charge in [-0.15, -0.1) is 0 Å². The lowest BCUT2D eigenvalue weighted by molar-refractivity contribution is -0.472. The molecule has 0 aliphatic rings. The molecule has 224 valence electrons. The molecule has 1 nitrogen and oxygen atoms in total. The van der Waals surface area contributed by atoms with Gasteiger partial charge in [-0.2, -0.15) is 83.4 Å². The minimum Gasteiger partial charge on any atom is -0.325 e. The van der Waals surface area contributed by atoms with Gasteiger partial charge >= 0.3 is 59.1 Å². The van der Waals surface area contributed by atoms with E-state index in [-0.39, 0.29) is 17.7 Å². The number of alkyl halides is 21. The minimum absolute atomic E-state index is 0.00973. The summed E-state index contributed by atoms with van der Waals surface area (Å²) in [6, 6.07) is 0. The Bertz CT molecular complexity index is 839. The molecule has 0 aliphatic carbocycles. The van der Waals surface area contributed by atoms with Gasteiger partial charge in [-0.25, -0.2) is 8.78 Å². The van der Waals surface area contributed by atoms with Crippen molar-refractivity contribution in [2.24, 2.45) is 0 Å². The first-order chi connectivity index (χ1) is 15.4. The van der Waals surface area contributed by atoms with E-state index in [9.17, 15) is 92.2 Å². The van der Waals surface area contributed by atoms with Gasteiger partial charge in [-0.1, -0.05) is 13.1 Å². The molecule has 0 saturated carbocycles. The van der Waals surface area contributed by atoms with Crippen LogP contribution in [-0.4, -0.2) is 86.0 Å². The van der Waals surface area contributed by atoms with Gasteiger partial charge in [0.1, 0.15) is 0 Å². The molecule has 0 fully saturated rings. The largest absolute Gasteiger partial charge is 0.460 e. The Morgan fingerprint density at radius 2 is 0.541 bits per heavy atom. The van der Waals surface area contributed by atoms with Crippen LogP contribution in [0.1, 0.15) is 0 Å². The fourth-order valence-electron chi connectivity index (χ4n) is 2.22. The van der Waals surface area contributed by atoms with Crippen molar-refractivity contribution in [1.29, 1.82) is 0 Å². The summed E-state index contributed by atoms with van der Waals surface area (Å²) in [5, 5.41) is 0. The first-order valence-electron chi connectivity index (χ1n) is 8.59. The molecule has 0 atom stereocenters. The molecule has 0 aromatic heterocycles. The fraction of sp³-hybridized carbons (Fsp3) is 1.00. The predicted octanol–water partition coefficient (Wildman–Crippen LogP) is 7.57. The maximum Gasteiger partial charge on any atom is 0.460 e. The zero-order valence-electron chi connectivity index (χ0n) is 17.9. The van der Waals surface area contributed by atoms with Crippen LogP contribution in [0, 0.1) is 0 Å². The van der Waals surface area contributed by atoms with Crippen molar-refractivity contribution < 1.29 is 92.2 Å². The minimum atomic E-state index is -9.15. The lowest BCUT2D eigenvalue weighted by Crippen LogP contribution is -2.79. The smallest absolute Gasteiger partial charge is 0.325 e. The molecule has 37 heavy (non-hydrogen) atoms. The molecule has 0 radical (unpaired) electrons. The highest BCUT2D eigenvalue weighted by molar-refractivity contribution is 6.77. The summed E-state index contributed by atoms with van der Waals surface area (Å²) in [5.74, 6) is -70.0. The van der Waals surface area contributed by atoms with Crippen LogP contribution < -0.4 is 0 Å². The summed E-state index contributed by atoms with van der Waals surface area (Å²) in [4.78, 5) is 0. The molecule has 0 saturated heterocycles. The van der Waals surface area contributed by atoms with E-state index in [0.29, 0.717) is 14.1 Å². The first kappa shape index (κ1) is 35.7. The number of hydrogen-bond donors (Lipinski definition) is 0. The molecule has 0 unspecified atom stereocenters. The van der Waals surface area contributed by atoms with E-state index in [1.54, 1.807) is 0 Å². The van der Waals surface area contributed by atoms with Crippen LogP contribution >= 0.6 is 0 Å². The van der Waals surface area contributed by atoms with Crippen LogP contribution in [0.4, 0.5) is 92.2 Å². The summed E-state index contributed by atoms with van der Waals surface area (Å²) in [7, 11) is -4.65. The van der Waals surface area contributed by atoms with Crippen LogP contribution in [0.2, 0.25) is 13.1 Å². The highest BCUT2D eigenvalue weighted by Gasteiger charge is 2.98. The predicted molar refractivity (Wildman–Crippen MR) is 81.7 cm³/mol. The van der Waals surface area contributed by atoms with E-state index < -0.39 is 67.3 Å². The quantitative estimate of drug-likeness (QED) is 0.180. The Labute approximate surface area is 192 Å². The summed E-state index contributed by atoms with van der Waals surface area (Å²) >= 11 is 0. The molecule has 0 N–H and O–H groups in total. The fourth-order valence-corrected chi connectivity index (χ4v) is 3.71. The summed E-state index contributed by atoms with van der Waals surface area (Å²) in [5.41, 5.74) is -6.54. The van der Waals surface area contributed by atoms with Crippen molar-refractivity contribution in [3.63, 3.8) is 0 Å². The summed E-state index contributed by atoms with van der Waals surface area (Å²) in [6.45, 7) is 0.0195. The molecule has 0 spiro atoms. The average Bonchev–Trinajstić information content (AvgIpc) is 2.65. The Morgan fingerprint density at radius 1 is 0.351 bits per heavy atom. The van der Waals surface area contributed by atoms with Gasteiger partial charge in [0.25, 0.3) is 0 Å². The highest BCUT2D eigenvalue weighted by Crippen LogP contribution is 2.66. The summed E-state index contributed by atoms with van der Waals surface area (Å²) < 4.78 is 280. The van der Waals surface area contributed by atoms with Crippen molar-refractivity contribution in [1.82, 2.24) is 4.57 Å². The van der Waals surface area contributed by atoms with Crippen molar-refractivity contribution >= 4 is 8.24 Å². The monoisotopic (exact) mass is 621 g/mol. The van der Waals surface area contributed by atoms with Gasteiger partial charge < -0.3 is 4.57 Å². The van der Waals surface area contributed by atoms with Crippen LogP contribution in [0.25, 0.3) is 0 Å². The Balaban J connectivity index is 7.22. The SMILES string of the molecule is CN(C)[Si](C)(C)C(F)(F)C(F)(F)C(F)(F)C(F)(F)C(F)(F)C(F)(F)C(F)(F)C(F)(F)C(F)(F)C(F)(F)F. The van der Waals surface area contributed by atoms with Crippen LogP contribution in [0.5, 0.6) is 0 Å². The van der Waals surface area contributed by atoms with E-state index in [0.717, 1.165) is 0 Å². The first-order valence-corrected chi connectivity index (χ1v) is 11.5. The molecular weight excluding hydrogens is 609 g/mol. The number of hydrogen-bond acceptors (Lipinski definition) is 1. The maximum absolute atomic E-state index is 14.2. The summed E-state index contributed by atoms with van der Waals surface area (Å²) in [6.07, 6.45) is -7.99. The zero-order chi connectivity index (χ0) is 31.1. The van der Waals surface area contributed by atoms with E-state index in [1.165, 1.54) is 0 Å². The third-order valence-electron chi connectivity index (χ3n) is 5.40. The lowest BCUT2D eigenvalue weighted by atomic mass is 9.87. The molecule has 23 heteroatoms. The molecule has 0 rings (SSSR count). The average molecular weight is 621 g/mol. The number of halogens is 21. The van der Waals surface area contributed by atoms with Crippen molar-refractivity contribution in [2.75, 3.05) is 14.1 Å². The lowest BCUT2D eigenvalue weighted by Gasteiger charge is -2.47. The van der Waals surface area contributed by atoms with Crippen molar-refractivity contribution in [3.05, 3.63) is 0 Å². The highest BCUT2D eigenvalue weighted by atomic mass is 28.3. The van der Waals surface area contributed by atoms with Crippen LogP contribution in [0.15, 0.2) is 0 Å². The van der Waals surface area contributed by atoms with Gasteiger partial charge in [0.2, 0.25) is 8.24 Å². The van der Waals surface area contributed by atoms with Gasteiger partial charge in [-0.3, -0.25) is 0 Å². The number of nitrogens with zero attached hydrogens (tertiary/aromatic N) is 1. The Morgan fingerprint density at radius 3 is 0.730 bits per heavy atom. The normalized spacial score (nSPS) is 17.0. The Kier molecular flexibility index (Phi) is 8.30. The standard InChI is InChI=1S/C14H12F21NSi/c1-36(2)37(3,4)14(34,35)12(29,30)10(25,26)8(21,22)6(17,18)5(15,16)7(19,20)9(23,24)11(27,28)13(31,32)33/h1-4H3. The third kappa shape index (κ3) is 4.14. The maximum atomic E-state index is 14.2. The molecule has 0 heterocycles. The molecule has 0 amide bonds. The number of rotatable bonds is 10. The van der Waals surface area contributed by atoms with Crippen LogP contribution in [-0.2, 0) is 0 Å². The zero-order valence-corrected chi connectivity index (χ0v) is 18.9. The molecule has 0 aromatic carbocycles. The second-order valence-electron chi connectivity index (χ2n) is 8.12. The molecular formula is C14H12F21NSi. The van der Waals surface area contributed by atoms with E-state index >= 15 is 0 Å². The topological polar surface area (TPSA) is 3.24 Å². The second-order valence-corrected chi connectivity index (χ2v) is 12.8.